The first-order valence-corrected chi connectivity index (χ1v) is 10.5. The Bertz CT molecular complexity index is 1090. The van der Waals surface area contributed by atoms with Crippen molar-refractivity contribution in [2.45, 2.75) is 32.0 Å². The van der Waals surface area contributed by atoms with Crippen molar-refractivity contribution in [2.75, 3.05) is 13.2 Å². The summed E-state index contributed by atoms with van der Waals surface area (Å²) >= 11 is 0. The molecule has 2 amide bonds. The zero-order chi connectivity index (χ0) is 20.7. The molecule has 1 saturated heterocycles. The number of fused-ring (bicyclic) bond motifs is 3. The molecule has 0 saturated carbocycles. The Kier molecular flexibility index (Phi) is 4.79. The van der Waals surface area contributed by atoms with Crippen LogP contribution in [0.3, 0.4) is 0 Å². The lowest BCUT2D eigenvalue weighted by Crippen LogP contribution is -2.48. The summed E-state index contributed by atoms with van der Waals surface area (Å²) in [6.07, 6.45) is 0.857. The number of hydrogen-bond acceptors (Lipinski definition) is 3. The van der Waals surface area contributed by atoms with E-state index in [0.717, 1.165) is 22.2 Å². The Hall–Kier alpha value is -3.12. The van der Waals surface area contributed by atoms with Crippen LogP contribution in [0.15, 0.2) is 54.6 Å². The average Bonchev–Trinajstić information content (AvgIpc) is 3.32. The van der Waals surface area contributed by atoms with E-state index < -0.39 is 0 Å². The van der Waals surface area contributed by atoms with Gasteiger partial charge in [-0.2, -0.15) is 0 Å². The molecular formula is C24H25N3O3. The molecule has 3 aromatic rings. The lowest BCUT2D eigenvalue weighted by Gasteiger charge is -2.36. The van der Waals surface area contributed by atoms with Gasteiger partial charge in [0.05, 0.1) is 25.1 Å². The molecule has 154 valence electrons. The summed E-state index contributed by atoms with van der Waals surface area (Å²) in [6, 6.07) is 17.7. The van der Waals surface area contributed by atoms with Crippen LogP contribution in [0, 0.1) is 5.92 Å². The number of amides is 2. The number of aliphatic hydroxyl groups is 1. The summed E-state index contributed by atoms with van der Waals surface area (Å²) in [4.78, 5) is 32.9. The first kappa shape index (κ1) is 18.9. The van der Waals surface area contributed by atoms with Gasteiger partial charge in [-0.25, -0.2) is 0 Å². The number of para-hydroxylation sites is 1. The van der Waals surface area contributed by atoms with Crippen molar-refractivity contribution in [3.8, 4) is 0 Å². The van der Waals surface area contributed by atoms with Gasteiger partial charge in [-0.1, -0.05) is 48.5 Å². The fourth-order valence-electron chi connectivity index (χ4n) is 4.82. The quantitative estimate of drug-likeness (QED) is 0.703. The molecule has 2 unspecified atom stereocenters. The number of aromatic amines is 1. The molecule has 1 aromatic heterocycles. The van der Waals surface area contributed by atoms with Crippen molar-refractivity contribution in [1.82, 2.24) is 14.8 Å². The standard InChI is InChI=1S/C24H25N3O3/c28-15-18-11-20-19-8-4-5-9-21(19)25-22(20)14-27(18)24(30)17-10-23(29)26(13-17)12-16-6-2-1-3-7-16/h1-9,17-18,25,28H,10-15H2. The minimum Gasteiger partial charge on any atom is -0.394 e. The van der Waals surface area contributed by atoms with Crippen LogP contribution in [0.2, 0.25) is 0 Å². The number of carbonyl (C=O) groups is 2. The predicted octanol–water partition coefficient (Wildman–Crippen LogP) is 2.46. The summed E-state index contributed by atoms with van der Waals surface area (Å²) < 4.78 is 0. The van der Waals surface area contributed by atoms with Crippen molar-refractivity contribution >= 4 is 22.7 Å². The Morgan fingerprint density at radius 2 is 1.83 bits per heavy atom. The lowest BCUT2D eigenvalue weighted by molar-refractivity contribution is -0.140. The topological polar surface area (TPSA) is 76.6 Å². The molecule has 6 nitrogen and oxygen atoms in total. The van der Waals surface area contributed by atoms with Crippen LogP contribution in [-0.2, 0) is 29.1 Å². The van der Waals surface area contributed by atoms with E-state index in [2.05, 4.69) is 11.1 Å². The molecule has 0 radical (unpaired) electrons. The number of rotatable bonds is 4. The van der Waals surface area contributed by atoms with Crippen LogP contribution < -0.4 is 0 Å². The highest BCUT2D eigenvalue weighted by Gasteiger charge is 2.40. The fourth-order valence-corrected chi connectivity index (χ4v) is 4.82. The van der Waals surface area contributed by atoms with Gasteiger partial charge in [0, 0.05) is 36.1 Å². The van der Waals surface area contributed by atoms with Gasteiger partial charge >= 0.3 is 0 Å². The third kappa shape index (κ3) is 3.27. The van der Waals surface area contributed by atoms with E-state index in [1.165, 1.54) is 5.56 Å². The lowest BCUT2D eigenvalue weighted by atomic mass is 9.95. The molecule has 2 N–H and O–H groups in total. The summed E-state index contributed by atoms with van der Waals surface area (Å²) in [7, 11) is 0. The minimum atomic E-state index is -0.360. The van der Waals surface area contributed by atoms with E-state index in [9.17, 15) is 14.7 Å². The fraction of sp³-hybridized carbons (Fsp3) is 0.333. The van der Waals surface area contributed by atoms with Crippen molar-refractivity contribution in [2.24, 2.45) is 5.92 Å². The van der Waals surface area contributed by atoms with Crippen molar-refractivity contribution < 1.29 is 14.7 Å². The van der Waals surface area contributed by atoms with Crippen LogP contribution in [0.5, 0.6) is 0 Å². The van der Waals surface area contributed by atoms with Crippen molar-refractivity contribution in [1.29, 1.82) is 0 Å². The second kappa shape index (κ2) is 7.61. The first-order valence-electron chi connectivity index (χ1n) is 10.5. The Labute approximate surface area is 175 Å². The molecule has 2 aromatic carbocycles. The van der Waals surface area contributed by atoms with Crippen LogP contribution >= 0.6 is 0 Å². The first-order chi connectivity index (χ1) is 14.6. The largest absolute Gasteiger partial charge is 0.394 e. The van der Waals surface area contributed by atoms with Crippen LogP contribution in [0.4, 0.5) is 0 Å². The number of aliphatic hydroxyl groups excluding tert-OH is 1. The number of nitrogens with one attached hydrogen (secondary N) is 1. The maximum Gasteiger partial charge on any atom is 0.228 e. The van der Waals surface area contributed by atoms with E-state index in [0.29, 0.717) is 26.1 Å². The molecule has 2 aliphatic heterocycles. The molecule has 0 spiro atoms. The highest BCUT2D eigenvalue weighted by molar-refractivity contribution is 5.90. The van der Waals surface area contributed by atoms with Crippen LogP contribution in [-0.4, -0.2) is 50.9 Å². The Balaban J connectivity index is 1.34. The smallest absolute Gasteiger partial charge is 0.228 e. The predicted molar refractivity (Wildman–Crippen MR) is 113 cm³/mol. The van der Waals surface area contributed by atoms with E-state index in [4.69, 9.17) is 0 Å². The molecule has 1 fully saturated rings. The summed E-state index contributed by atoms with van der Waals surface area (Å²) in [5, 5.41) is 11.2. The van der Waals surface area contributed by atoms with Gasteiger partial charge in [0.15, 0.2) is 0 Å². The van der Waals surface area contributed by atoms with Gasteiger partial charge in [0.1, 0.15) is 0 Å². The summed E-state index contributed by atoms with van der Waals surface area (Å²) in [6.45, 7) is 1.32. The monoisotopic (exact) mass is 403 g/mol. The van der Waals surface area contributed by atoms with Crippen LogP contribution in [0.1, 0.15) is 23.2 Å². The maximum absolute atomic E-state index is 13.4. The molecule has 30 heavy (non-hydrogen) atoms. The number of likely N-dealkylation sites (tertiary alicyclic amines) is 1. The Morgan fingerprint density at radius 1 is 1.07 bits per heavy atom. The zero-order valence-electron chi connectivity index (χ0n) is 16.8. The molecule has 2 aliphatic rings. The number of H-pyrrole nitrogens is 1. The van der Waals surface area contributed by atoms with Gasteiger partial charge in [0.25, 0.3) is 0 Å². The molecule has 3 heterocycles. The van der Waals surface area contributed by atoms with E-state index in [-0.39, 0.29) is 36.8 Å². The van der Waals surface area contributed by atoms with Crippen molar-refractivity contribution in [3.63, 3.8) is 0 Å². The second-order valence-corrected chi connectivity index (χ2v) is 8.30. The van der Waals surface area contributed by atoms with Gasteiger partial charge < -0.3 is 19.9 Å². The highest BCUT2D eigenvalue weighted by Crippen LogP contribution is 2.32. The van der Waals surface area contributed by atoms with Gasteiger partial charge in [-0.3, -0.25) is 9.59 Å². The summed E-state index contributed by atoms with van der Waals surface area (Å²) in [5.41, 5.74) is 4.33. The molecule has 0 bridgehead atoms. The van der Waals surface area contributed by atoms with Crippen molar-refractivity contribution in [3.05, 3.63) is 71.4 Å². The number of aromatic nitrogens is 1. The molecule has 0 aliphatic carbocycles. The average molecular weight is 403 g/mol. The van der Waals surface area contributed by atoms with E-state index in [1.807, 2.05) is 48.5 Å². The van der Waals surface area contributed by atoms with Crippen LogP contribution in [0.25, 0.3) is 10.9 Å². The molecule has 5 rings (SSSR count). The number of nitrogens with zero attached hydrogens (tertiary/aromatic N) is 2. The minimum absolute atomic E-state index is 0.0149. The molecule has 6 heteroatoms. The Morgan fingerprint density at radius 3 is 2.63 bits per heavy atom. The molecular weight excluding hydrogens is 378 g/mol. The normalized spacial score (nSPS) is 21.3. The third-order valence-corrected chi connectivity index (χ3v) is 6.38. The molecule has 2 atom stereocenters. The number of benzene rings is 2. The second-order valence-electron chi connectivity index (χ2n) is 8.30. The maximum atomic E-state index is 13.4. The van der Waals surface area contributed by atoms with E-state index in [1.54, 1.807) is 9.80 Å². The zero-order valence-corrected chi connectivity index (χ0v) is 16.8. The van der Waals surface area contributed by atoms with E-state index >= 15 is 0 Å². The van der Waals surface area contributed by atoms with Gasteiger partial charge in [-0.15, -0.1) is 0 Å². The third-order valence-electron chi connectivity index (χ3n) is 6.38. The van der Waals surface area contributed by atoms with Gasteiger partial charge in [0.2, 0.25) is 11.8 Å². The van der Waals surface area contributed by atoms with Gasteiger partial charge in [-0.05, 0) is 23.6 Å². The summed E-state index contributed by atoms with van der Waals surface area (Å²) in [5.74, 6) is -0.385. The highest BCUT2D eigenvalue weighted by atomic mass is 16.3. The number of carbonyl (C=O) groups excluding carboxylic acids is 2. The SMILES string of the molecule is O=C1CC(C(=O)N2Cc3[nH]c4ccccc4c3CC2CO)CN1Cc1ccccc1. The number of hydrogen-bond donors (Lipinski definition) is 2.